The van der Waals surface area contributed by atoms with Gasteiger partial charge in [-0.15, -0.1) is 0 Å². The fraction of sp³-hybridized carbons (Fsp3) is 0.188. The number of hydrogen-bond acceptors (Lipinski definition) is 2. The summed E-state index contributed by atoms with van der Waals surface area (Å²) in [5, 5.41) is 0. The summed E-state index contributed by atoms with van der Waals surface area (Å²) in [6.45, 7) is 5.02. The van der Waals surface area contributed by atoms with Crippen LogP contribution < -0.4 is 5.73 Å². The Morgan fingerprint density at radius 1 is 1.15 bits per heavy atom. The number of halogens is 1. The van der Waals surface area contributed by atoms with Gasteiger partial charge in [-0.05, 0) is 70.7 Å². The summed E-state index contributed by atoms with van der Waals surface area (Å²) in [6, 6.07) is 10.4. The predicted octanol–water partition coefficient (Wildman–Crippen LogP) is 4.05. The Labute approximate surface area is 126 Å². The first-order valence-corrected chi connectivity index (χ1v) is 7.30. The average Bonchev–Trinajstić information content (AvgIpc) is 2.77. The minimum Gasteiger partial charge on any atom is -0.398 e. The highest BCUT2D eigenvalue weighted by molar-refractivity contribution is 9.10. The van der Waals surface area contributed by atoms with Crippen molar-refractivity contribution in [2.24, 2.45) is 0 Å². The summed E-state index contributed by atoms with van der Waals surface area (Å²) in [5.74, 6) is 0. The molecule has 0 aliphatic rings. The Balaban J connectivity index is 2.02. The number of imidazole rings is 1. The number of anilines is 1. The molecule has 3 rings (SSSR count). The van der Waals surface area contributed by atoms with Gasteiger partial charge >= 0.3 is 0 Å². The van der Waals surface area contributed by atoms with E-state index in [1.54, 1.807) is 0 Å². The Hall–Kier alpha value is -1.81. The summed E-state index contributed by atoms with van der Waals surface area (Å²) in [4.78, 5) is 4.48. The Morgan fingerprint density at radius 3 is 2.65 bits per heavy atom. The van der Waals surface area contributed by atoms with Gasteiger partial charge in [-0.1, -0.05) is 6.07 Å². The SMILES string of the molecule is Cc1cc2ncn(Cc3ccc(Br)c(N)c3)c2cc1C. The van der Waals surface area contributed by atoms with E-state index in [-0.39, 0.29) is 0 Å². The van der Waals surface area contributed by atoms with Crippen LogP contribution in [0.4, 0.5) is 5.69 Å². The fourth-order valence-electron chi connectivity index (χ4n) is 2.33. The van der Waals surface area contributed by atoms with Crippen molar-refractivity contribution in [2.75, 3.05) is 5.73 Å². The van der Waals surface area contributed by atoms with Crippen molar-refractivity contribution in [2.45, 2.75) is 20.4 Å². The second kappa shape index (κ2) is 4.94. The van der Waals surface area contributed by atoms with Crippen LogP contribution in [0.2, 0.25) is 0 Å². The molecule has 4 heteroatoms. The third-order valence-electron chi connectivity index (χ3n) is 3.65. The van der Waals surface area contributed by atoms with Crippen LogP contribution in [0.15, 0.2) is 41.1 Å². The van der Waals surface area contributed by atoms with Crippen molar-refractivity contribution in [1.82, 2.24) is 9.55 Å². The maximum atomic E-state index is 5.93. The van der Waals surface area contributed by atoms with Crippen molar-refractivity contribution >= 4 is 32.7 Å². The van der Waals surface area contributed by atoms with Gasteiger partial charge in [0.05, 0.1) is 17.4 Å². The van der Waals surface area contributed by atoms with E-state index in [1.807, 2.05) is 18.5 Å². The van der Waals surface area contributed by atoms with Crippen LogP contribution in [0.1, 0.15) is 16.7 Å². The largest absolute Gasteiger partial charge is 0.398 e. The first-order valence-electron chi connectivity index (χ1n) is 6.50. The van der Waals surface area contributed by atoms with Gasteiger partial charge in [0.2, 0.25) is 0 Å². The maximum absolute atomic E-state index is 5.93. The molecule has 0 spiro atoms. The Morgan fingerprint density at radius 2 is 1.90 bits per heavy atom. The van der Waals surface area contributed by atoms with Crippen LogP contribution in [0.3, 0.4) is 0 Å². The topological polar surface area (TPSA) is 43.8 Å². The highest BCUT2D eigenvalue weighted by Gasteiger charge is 2.06. The third kappa shape index (κ3) is 2.31. The van der Waals surface area contributed by atoms with Crippen molar-refractivity contribution in [1.29, 1.82) is 0 Å². The van der Waals surface area contributed by atoms with E-state index < -0.39 is 0 Å². The molecule has 102 valence electrons. The Bertz CT molecular complexity index is 790. The molecule has 3 nitrogen and oxygen atoms in total. The van der Waals surface area contributed by atoms with Gasteiger partial charge < -0.3 is 10.3 Å². The molecule has 0 radical (unpaired) electrons. The van der Waals surface area contributed by atoms with Crippen LogP contribution in [0, 0.1) is 13.8 Å². The van der Waals surface area contributed by atoms with E-state index in [4.69, 9.17) is 5.73 Å². The summed E-state index contributed by atoms with van der Waals surface area (Å²) in [7, 11) is 0. The van der Waals surface area contributed by atoms with Gasteiger partial charge in [0, 0.05) is 16.7 Å². The molecular formula is C16H16BrN3. The van der Waals surface area contributed by atoms with Gasteiger partial charge in [-0.25, -0.2) is 4.98 Å². The van der Waals surface area contributed by atoms with E-state index in [0.29, 0.717) is 0 Å². The minimum absolute atomic E-state index is 0.763. The number of nitrogens with zero attached hydrogens (tertiary/aromatic N) is 2. The molecule has 0 atom stereocenters. The van der Waals surface area contributed by atoms with Crippen molar-refractivity contribution < 1.29 is 0 Å². The zero-order chi connectivity index (χ0) is 14.3. The molecule has 0 amide bonds. The lowest BCUT2D eigenvalue weighted by atomic mass is 10.1. The van der Waals surface area contributed by atoms with E-state index in [2.05, 4.69) is 57.5 Å². The highest BCUT2D eigenvalue weighted by atomic mass is 79.9. The molecule has 20 heavy (non-hydrogen) atoms. The molecule has 0 fully saturated rings. The number of aromatic nitrogens is 2. The molecule has 0 unspecified atom stereocenters. The lowest BCUT2D eigenvalue weighted by Crippen LogP contribution is -1.99. The van der Waals surface area contributed by atoms with Crippen molar-refractivity contribution in [3.63, 3.8) is 0 Å². The maximum Gasteiger partial charge on any atom is 0.0961 e. The predicted molar refractivity (Wildman–Crippen MR) is 86.9 cm³/mol. The van der Waals surface area contributed by atoms with Gasteiger partial charge in [0.15, 0.2) is 0 Å². The van der Waals surface area contributed by atoms with E-state index in [9.17, 15) is 0 Å². The van der Waals surface area contributed by atoms with Gasteiger partial charge in [-0.2, -0.15) is 0 Å². The number of rotatable bonds is 2. The number of nitrogen functional groups attached to an aromatic ring is 1. The van der Waals surface area contributed by atoms with Gasteiger partial charge in [-0.3, -0.25) is 0 Å². The number of aryl methyl sites for hydroxylation is 2. The Kier molecular flexibility index (Phi) is 3.26. The third-order valence-corrected chi connectivity index (χ3v) is 4.37. The second-order valence-electron chi connectivity index (χ2n) is 5.15. The molecule has 0 aliphatic carbocycles. The zero-order valence-electron chi connectivity index (χ0n) is 11.5. The smallest absolute Gasteiger partial charge is 0.0961 e. The molecule has 1 aromatic heterocycles. The lowest BCUT2D eigenvalue weighted by molar-refractivity contribution is 0.824. The average molecular weight is 330 g/mol. The van der Waals surface area contributed by atoms with E-state index in [1.165, 1.54) is 16.7 Å². The lowest BCUT2D eigenvalue weighted by Gasteiger charge is -2.08. The van der Waals surface area contributed by atoms with Crippen LogP contribution in [0.5, 0.6) is 0 Å². The number of nitrogens with two attached hydrogens (primary N) is 1. The molecule has 0 saturated heterocycles. The first kappa shape index (κ1) is 13.2. The zero-order valence-corrected chi connectivity index (χ0v) is 13.1. The van der Waals surface area contributed by atoms with Crippen LogP contribution >= 0.6 is 15.9 Å². The molecule has 0 aliphatic heterocycles. The molecule has 3 aromatic rings. The van der Waals surface area contributed by atoms with Crippen molar-refractivity contribution in [3.8, 4) is 0 Å². The summed E-state index contributed by atoms with van der Waals surface area (Å²) >= 11 is 3.42. The van der Waals surface area contributed by atoms with Gasteiger partial charge in [0.25, 0.3) is 0 Å². The number of fused-ring (bicyclic) bond motifs is 1. The molecule has 0 bridgehead atoms. The van der Waals surface area contributed by atoms with Crippen molar-refractivity contribution in [3.05, 3.63) is 57.8 Å². The van der Waals surface area contributed by atoms with E-state index >= 15 is 0 Å². The van der Waals surface area contributed by atoms with Crippen LogP contribution in [0.25, 0.3) is 11.0 Å². The molecular weight excluding hydrogens is 314 g/mol. The summed E-state index contributed by atoms with van der Waals surface area (Å²) < 4.78 is 3.09. The molecule has 0 saturated carbocycles. The first-order chi connectivity index (χ1) is 9.54. The fourth-order valence-corrected chi connectivity index (χ4v) is 2.57. The summed E-state index contributed by atoms with van der Waals surface area (Å²) in [5.41, 5.74) is 12.6. The quantitative estimate of drug-likeness (QED) is 0.721. The standard InChI is InChI=1S/C16H16BrN3/c1-10-5-15-16(6-11(10)2)20(9-19-15)8-12-3-4-13(17)14(18)7-12/h3-7,9H,8,18H2,1-2H3. The normalized spacial score (nSPS) is 11.2. The van der Waals surface area contributed by atoms with Crippen LogP contribution in [-0.4, -0.2) is 9.55 Å². The van der Waals surface area contributed by atoms with Gasteiger partial charge in [0.1, 0.15) is 0 Å². The molecule has 1 heterocycles. The second-order valence-corrected chi connectivity index (χ2v) is 6.01. The highest BCUT2D eigenvalue weighted by Crippen LogP contribution is 2.23. The molecule has 2 aromatic carbocycles. The summed E-state index contributed by atoms with van der Waals surface area (Å²) in [6.07, 6.45) is 1.89. The van der Waals surface area contributed by atoms with Crippen LogP contribution in [-0.2, 0) is 6.54 Å². The number of hydrogen-bond donors (Lipinski definition) is 1. The van der Waals surface area contributed by atoms with E-state index in [0.717, 1.165) is 27.7 Å². The monoisotopic (exact) mass is 329 g/mol. The molecule has 2 N–H and O–H groups in total. The minimum atomic E-state index is 0.763. The number of benzene rings is 2.